The van der Waals surface area contributed by atoms with Gasteiger partial charge in [0, 0.05) is 17.0 Å². The second-order valence-electron chi connectivity index (χ2n) is 3.98. The highest BCUT2D eigenvalue weighted by Crippen LogP contribution is 2.08. The van der Waals surface area contributed by atoms with Crippen molar-refractivity contribution in [2.24, 2.45) is 0 Å². The molecule has 0 fully saturated rings. The number of aromatic amines is 1. The van der Waals surface area contributed by atoms with Gasteiger partial charge < -0.3 is 9.72 Å². The maximum absolute atomic E-state index is 11.5. The Hall–Kier alpha value is -1.65. The molecule has 1 aromatic heterocycles. The van der Waals surface area contributed by atoms with Crippen LogP contribution in [0.1, 0.15) is 36.7 Å². The summed E-state index contributed by atoms with van der Waals surface area (Å²) in [5.41, 5.74) is 1.61. The number of nitrogens with one attached hydrogen (secondary N) is 1. The Bertz CT molecular complexity index is 425. The second-order valence-corrected chi connectivity index (χ2v) is 3.98. The average molecular weight is 238 g/mol. The number of H-pyrrole nitrogens is 1. The van der Waals surface area contributed by atoms with E-state index < -0.39 is 0 Å². The minimum atomic E-state index is -0.386. The lowest BCUT2D eigenvalue weighted by molar-refractivity contribution is -0.142. The predicted octanol–water partition coefficient (Wildman–Crippen LogP) is 1.27. The summed E-state index contributed by atoms with van der Waals surface area (Å²) in [6.07, 6.45) is 2.02. The zero-order valence-corrected chi connectivity index (χ0v) is 10.5. The van der Waals surface area contributed by atoms with Gasteiger partial charge in [0.15, 0.2) is 0 Å². The minimum Gasteiger partial charge on any atom is -0.465 e. The van der Waals surface area contributed by atoms with E-state index in [0.29, 0.717) is 18.0 Å². The zero-order chi connectivity index (χ0) is 12.8. The summed E-state index contributed by atoms with van der Waals surface area (Å²) in [5, 5.41) is 0. The minimum absolute atomic E-state index is 0.158. The van der Waals surface area contributed by atoms with E-state index in [2.05, 4.69) is 9.97 Å². The van der Waals surface area contributed by atoms with Gasteiger partial charge in [-0.05, 0) is 20.3 Å². The van der Waals surface area contributed by atoms with E-state index in [9.17, 15) is 9.59 Å². The van der Waals surface area contributed by atoms with Crippen LogP contribution >= 0.6 is 0 Å². The molecule has 0 aliphatic carbocycles. The molecule has 0 aliphatic heterocycles. The van der Waals surface area contributed by atoms with Gasteiger partial charge in [0.2, 0.25) is 0 Å². The van der Waals surface area contributed by atoms with Crippen LogP contribution in [-0.2, 0) is 16.0 Å². The van der Waals surface area contributed by atoms with Crippen LogP contribution in [0.25, 0.3) is 0 Å². The van der Waals surface area contributed by atoms with Crippen molar-refractivity contribution in [1.82, 2.24) is 9.97 Å². The Kier molecular flexibility index (Phi) is 4.87. The first-order valence-corrected chi connectivity index (χ1v) is 5.76. The Morgan fingerprint density at radius 2 is 2.12 bits per heavy atom. The maximum atomic E-state index is 11.5. The number of carbonyl (C=O) groups excluding carboxylic acids is 1. The summed E-state index contributed by atoms with van der Waals surface area (Å²) in [6.45, 7) is 5.96. The van der Waals surface area contributed by atoms with Gasteiger partial charge in [-0.15, -0.1) is 0 Å². The van der Waals surface area contributed by atoms with Crippen LogP contribution in [0.15, 0.2) is 4.79 Å². The molecular formula is C12H18N2O3. The standard InChI is InChI=1S/C12H18N2O3/c1-4-5-6-17-11(15)7-10-8(2)13-12(16)14-9(10)3/h4-7H2,1-3H3,(H,13,14,16). The topological polar surface area (TPSA) is 72.0 Å². The SMILES string of the molecule is CCCCOC(=O)Cc1c(C)nc(=O)[nH]c1C. The third kappa shape index (κ3) is 4.01. The van der Waals surface area contributed by atoms with Crippen molar-refractivity contribution in [2.45, 2.75) is 40.0 Å². The van der Waals surface area contributed by atoms with Crippen LogP contribution in [0.2, 0.25) is 0 Å². The largest absolute Gasteiger partial charge is 0.465 e. The molecule has 1 heterocycles. The van der Waals surface area contributed by atoms with Crippen LogP contribution in [0.5, 0.6) is 0 Å². The molecule has 0 spiro atoms. The number of carbonyl (C=O) groups is 1. The van der Waals surface area contributed by atoms with Crippen molar-refractivity contribution >= 4 is 5.97 Å². The van der Waals surface area contributed by atoms with Crippen LogP contribution in [-0.4, -0.2) is 22.5 Å². The third-order valence-corrected chi connectivity index (χ3v) is 2.54. The summed E-state index contributed by atoms with van der Waals surface area (Å²) in [5.74, 6) is -0.279. The fourth-order valence-electron chi connectivity index (χ4n) is 1.54. The molecule has 0 aliphatic rings. The molecular weight excluding hydrogens is 220 g/mol. The van der Waals surface area contributed by atoms with Crippen molar-refractivity contribution in [3.8, 4) is 0 Å². The lowest BCUT2D eigenvalue weighted by atomic mass is 10.1. The summed E-state index contributed by atoms with van der Waals surface area (Å²) in [6, 6.07) is 0. The molecule has 0 aromatic carbocycles. The normalized spacial score (nSPS) is 10.3. The molecule has 0 unspecified atom stereocenters. The van der Waals surface area contributed by atoms with Crippen LogP contribution in [0.3, 0.4) is 0 Å². The predicted molar refractivity (Wildman–Crippen MR) is 63.9 cm³/mol. The first kappa shape index (κ1) is 13.4. The molecule has 0 bridgehead atoms. The second kappa shape index (κ2) is 6.18. The molecule has 0 atom stereocenters. The van der Waals surface area contributed by atoms with E-state index >= 15 is 0 Å². The van der Waals surface area contributed by atoms with Gasteiger partial charge >= 0.3 is 11.7 Å². The van der Waals surface area contributed by atoms with Gasteiger partial charge in [-0.1, -0.05) is 13.3 Å². The number of aryl methyl sites for hydroxylation is 2. The van der Waals surface area contributed by atoms with Crippen LogP contribution < -0.4 is 5.69 Å². The van der Waals surface area contributed by atoms with E-state index in [1.807, 2.05) is 6.92 Å². The molecule has 1 N–H and O–H groups in total. The average Bonchev–Trinajstić information content (AvgIpc) is 2.24. The van der Waals surface area contributed by atoms with Crippen LogP contribution in [0, 0.1) is 13.8 Å². The van der Waals surface area contributed by atoms with Crippen LogP contribution in [0.4, 0.5) is 0 Å². The molecule has 0 saturated carbocycles. The Balaban J connectivity index is 2.68. The van der Waals surface area contributed by atoms with Gasteiger partial charge in [-0.2, -0.15) is 4.98 Å². The molecule has 17 heavy (non-hydrogen) atoms. The van der Waals surface area contributed by atoms with Crippen molar-refractivity contribution in [2.75, 3.05) is 6.61 Å². The van der Waals surface area contributed by atoms with E-state index in [0.717, 1.165) is 18.4 Å². The van der Waals surface area contributed by atoms with E-state index in [1.54, 1.807) is 13.8 Å². The molecule has 0 radical (unpaired) electrons. The molecule has 1 rings (SSSR count). The summed E-state index contributed by atoms with van der Waals surface area (Å²) < 4.78 is 5.07. The number of nitrogens with zero attached hydrogens (tertiary/aromatic N) is 1. The number of rotatable bonds is 5. The van der Waals surface area contributed by atoms with Gasteiger partial charge in [0.25, 0.3) is 0 Å². The van der Waals surface area contributed by atoms with E-state index in [1.165, 1.54) is 0 Å². The van der Waals surface area contributed by atoms with Gasteiger partial charge in [0.05, 0.1) is 13.0 Å². The number of esters is 1. The van der Waals surface area contributed by atoms with Gasteiger partial charge in [-0.3, -0.25) is 4.79 Å². The van der Waals surface area contributed by atoms with Gasteiger partial charge in [-0.25, -0.2) is 4.79 Å². The van der Waals surface area contributed by atoms with E-state index in [-0.39, 0.29) is 18.1 Å². The quantitative estimate of drug-likeness (QED) is 0.619. The Morgan fingerprint density at radius 3 is 2.71 bits per heavy atom. The first-order valence-electron chi connectivity index (χ1n) is 5.76. The molecule has 94 valence electrons. The number of aromatic nitrogens is 2. The molecule has 1 aromatic rings. The van der Waals surface area contributed by atoms with Crippen molar-refractivity contribution in [3.63, 3.8) is 0 Å². The van der Waals surface area contributed by atoms with Gasteiger partial charge in [0.1, 0.15) is 0 Å². The monoisotopic (exact) mass is 238 g/mol. The smallest absolute Gasteiger partial charge is 0.345 e. The highest BCUT2D eigenvalue weighted by Gasteiger charge is 2.11. The molecule has 5 heteroatoms. The first-order chi connectivity index (χ1) is 8.04. The summed E-state index contributed by atoms with van der Waals surface area (Å²) in [7, 11) is 0. The Morgan fingerprint density at radius 1 is 1.41 bits per heavy atom. The van der Waals surface area contributed by atoms with E-state index in [4.69, 9.17) is 4.74 Å². The number of unbranched alkanes of at least 4 members (excludes halogenated alkanes) is 1. The maximum Gasteiger partial charge on any atom is 0.345 e. The number of hydrogen-bond donors (Lipinski definition) is 1. The molecule has 5 nitrogen and oxygen atoms in total. The number of hydrogen-bond acceptors (Lipinski definition) is 4. The molecule has 0 saturated heterocycles. The fourth-order valence-corrected chi connectivity index (χ4v) is 1.54. The summed E-state index contributed by atoms with van der Waals surface area (Å²) >= 11 is 0. The third-order valence-electron chi connectivity index (χ3n) is 2.54. The van der Waals surface area contributed by atoms with Crippen molar-refractivity contribution < 1.29 is 9.53 Å². The summed E-state index contributed by atoms with van der Waals surface area (Å²) in [4.78, 5) is 29.0. The lowest BCUT2D eigenvalue weighted by Crippen LogP contribution is -2.19. The highest BCUT2D eigenvalue weighted by molar-refractivity contribution is 5.73. The van der Waals surface area contributed by atoms with Crippen molar-refractivity contribution in [1.29, 1.82) is 0 Å². The highest BCUT2D eigenvalue weighted by atomic mass is 16.5. The lowest BCUT2D eigenvalue weighted by Gasteiger charge is -2.08. The Labute approximate surface area is 100 Å². The number of ether oxygens (including phenoxy) is 1. The van der Waals surface area contributed by atoms with Crippen molar-refractivity contribution in [3.05, 3.63) is 27.4 Å². The zero-order valence-electron chi connectivity index (χ0n) is 10.5. The fraction of sp³-hybridized carbons (Fsp3) is 0.583. The molecule has 0 amide bonds.